The summed E-state index contributed by atoms with van der Waals surface area (Å²) >= 11 is 0. The molecular formula is C15H17NO7. The topological polar surface area (TPSA) is 130 Å². The third kappa shape index (κ3) is 6.60. The Balaban J connectivity index is 2.58. The summed E-state index contributed by atoms with van der Waals surface area (Å²) in [6.07, 6.45) is 0.108. The largest absolute Gasteiger partial charge is 0.481 e. The first-order valence-electron chi connectivity index (χ1n) is 6.81. The molecule has 0 spiro atoms. The maximum absolute atomic E-state index is 11.4. The van der Waals surface area contributed by atoms with Gasteiger partial charge in [-0.1, -0.05) is 12.1 Å². The fourth-order valence-electron chi connectivity index (χ4n) is 1.87. The second-order valence-corrected chi connectivity index (χ2v) is 4.90. The van der Waals surface area contributed by atoms with E-state index < -0.39 is 29.7 Å². The van der Waals surface area contributed by atoms with Crippen LogP contribution in [0.25, 0.3) is 0 Å². The summed E-state index contributed by atoms with van der Waals surface area (Å²) in [6.45, 7) is 1.13. The van der Waals surface area contributed by atoms with Gasteiger partial charge in [0, 0.05) is 13.3 Å². The van der Waals surface area contributed by atoms with E-state index in [1.807, 2.05) is 5.48 Å². The van der Waals surface area contributed by atoms with E-state index in [-0.39, 0.29) is 24.8 Å². The number of nitrogens with one attached hydrogen (secondary N) is 1. The lowest BCUT2D eigenvalue weighted by atomic mass is 9.94. The molecule has 0 fully saturated rings. The van der Waals surface area contributed by atoms with Crippen molar-refractivity contribution in [1.29, 1.82) is 0 Å². The molecule has 0 saturated carbocycles. The van der Waals surface area contributed by atoms with Crippen molar-refractivity contribution in [2.45, 2.75) is 26.2 Å². The van der Waals surface area contributed by atoms with Crippen molar-refractivity contribution in [2.75, 3.05) is 0 Å². The van der Waals surface area contributed by atoms with Crippen LogP contribution in [0.5, 0.6) is 0 Å². The van der Waals surface area contributed by atoms with E-state index in [1.165, 1.54) is 12.1 Å². The second kappa shape index (κ2) is 8.52. The number of carboxylic acids is 2. The number of aromatic carboxylic acids is 1. The van der Waals surface area contributed by atoms with E-state index >= 15 is 0 Å². The Morgan fingerprint density at radius 3 is 2.22 bits per heavy atom. The van der Waals surface area contributed by atoms with Crippen molar-refractivity contribution in [3.8, 4) is 0 Å². The fraction of sp³-hybridized carbons (Fsp3) is 0.333. The highest BCUT2D eigenvalue weighted by Crippen LogP contribution is 2.16. The van der Waals surface area contributed by atoms with E-state index in [4.69, 9.17) is 5.11 Å². The third-order valence-corrected chi connectivity index (χ3v) is 3.06. The van der Waals surface area contributed by atoms with Gasteiger partial charge in [-0.2, -0.15) is 5.48 Å². The highest BCUT2D eigenvalue weighted by atomic mass is 16.7. The average molecular weight is 323 g/mol. The first-order chi connectivity index (χ1) is 10.8. The smallest absolute Gasteiger partial charge is 0.335 e. The van der Waals surface area contributed by atoms with Gasteiger partial charge in [-0.15, -0.1) is 0 Å². The normalized spacial score (nSPS) is 11.3. The molecule has 3 N–H and O–H groups in total. The van der Waals surface area contributed by atoms with Gasteiger partial charge in [0.15, 0.2) is 0 Å². The van der Waals surface area contributed by atoms with Crippen molar-refractivity contribution in [1.82, 2.24) is 5.48 Å². The SMILES string of the molecule is CC(=O)ONC(=O)CCC(Cc1ccc(C(=O)O)cc1)C(=O)O. The zero-order chi connectivity index (χ0) is 17.4. The van der Waals surface area contributed by atoms with Gasteiger partial charge in [0.2, 0.25) is 0 Å². The molecule has 1 aromatic carbocycles. The summed E-state index contributed by atoms with van der Waals surface area (Å²) in [4.78, 5) is 48.2. The number of hydrogen-bond donors (Lipinski definition) is 3. The lowest BCUT2D eigenvalue weighted by Gasteiger charge is -2.12. The summed E-state index contributed by atoms with van der Waals surface area (Å²) in [6, 6.07) is 5.87. The molecule has 1 unspecified atom stereocenters. The Morgan fingerprint density at radius 1 is 1.13 bits per heavy atom. The van der Waals surface area contributed by atoms with Crippen LogP contribution in [0.1, 0.15) is 35.7 Å². The number of carbonyl (C=O) groups is 4. The van der Waals surface area contributed by atoms with Gasteiger partial charge in [0.25, 0.3) is 5.91 Å². The maximum Gasteiger partial charge on any atom is 0.335 e. The molecule has 124 valence electrons. The second-order valence-electron chi connectivity index (χ2n) is 4.90. The highest BCUT2D eigenvalue weighted by molar-refractivity contribution is 5.87. The van der Waals surface area contributed by atoms with E-state index in [0.717, 1.165) is 6.92 Å². The molecule has 0 bridgehead atoms. The lowest BCUT2D eigenvalue weighted by molar-refractivity contribution is -0.156. The van der Waals surface area contributed by atoms with Crippen molar-refractivity contribution in [3.63, 3.8) is 0 Å². The molecule has 0 heterocycles. The predicted molar refractivity (Wildman–Crippen MR) is 77.4 cm³/mol. The molecule has 0 aliphatic carbocycles. The van der Waals surface area contributed by atoms with Crippen LogP contribution >= 0.6 is 0 Å². The van der Waals surface area contributed by atoms with E-state index in [2.05, 4.69) is 4.84 Å². The van der Waals surface area contributed by atoms with Crippen LogP contribution in [0.3, 0.4) is 0 Å². The van der Waals surface area contributed by atoms with Crippen molar-refractivity contribution in [2.24, 2.45) is 5.92 Å². The van der Waals surface area contributed by atoms with E-state index in [1.54, 1.807) is 12.1 Å². The fourth-order valence-corrected chi connectivity index (χ4v) is 1.87. The first kappa shape index (κ1) is 18.1. The van der Waals surface area contributed by atoms with Gasteiger partial charge < -0.3 is 15.1 Å². The number of benzene rings is 1. The van der Waals surface area contributed by atoms with Gasteiger partial charge in [-0.25, -0.2) is 4.79 Å². The van der Waals surface area contributed by atoms with Gasteiger partial charge >= 0.3 is 17.9 Å². The number of carboxylic acid groups (broad SMARTS) is 2. The van der Waals surface area contributed by atoms with E-state index in [9.17, 15) is 24.3 Å². The third-order valence-electron chi connectivity index (χ3n) is 3.06. The number of carbonyl (C=O) groups excluding carboxylic acids is 2. The lowest BCUT2D eigenvalue weighted by Crippen LogP contribution is -2.27. The minimum Gasteiger partial charge on any atom is -0.481 e. The Bertz CT molecular complexity index is 594. The Labute approximate surface area is 132 Å². The number of hydroxylamine groups is 1. The predicted octanol–water partition coefficient (Wildman–Crippen LogP) is 1.00. The summed E-state index contributed by atoms with van der Waals surface area (Å²) in [5.74, 6) is -4.20. The number of rotatable bonds is 7. The minimum atomic E-state index is -1.06. The zero-order valence-corrected chi connectivity index (χ0v) is 12.4. The van der Waals surface area contributed by atoms with Crippen LogP contribution < -0.4 is 5.48 Å². The van der Waals surface area contributed by atoms with Crippen molar-refractivity contribution in [3.05, 3.63) is 35.4 Å². The first-order valence-corrected chi connectivity index (χ1v) is 6.81. The van der Waals surface area contributed by atoms with Gasteiger partial charge in [0.05, 0.1) is 11.5 Å². The molecule has 0 aromatic heterocycles. The van der Waals surface area contributed by atoms with Gasteiger partial charge in [-0.05, 0) is 30.5 Å². The Morgan fingerprint density at radius 2 is 1.74 bits per heavy atom. The van der Waals surface area contributed by atoms with Crippen LogP contribution in [0.2, 0.25) is 0 Å². The average Bonchev–Trinajstić information content (AvgIpc) is 2.49. The standard InChI is InChI=1S/C15H17NO7/c1-9(17)23-16-13(18)7-6-12(15(21)22)8-10-2-4-11(5-3-10)14(19)20/h2-5,12H,6-8H2,1H3,(H,16,18)(H,19,20)(H,21,22). The summed E-state index contributed by atoms with van der Waals surface area (Å²) in [7, 11) is 0. The van der Waals surface area contributed by atoms with Gasteiger partial charge in [-0.3, -0.25) is 14.4 Å². The molecule has 0 aliphatic rings. The number of hydrogen-bond acceptors (Lipinski definition) is 5. The molecule has 8 heteroatoms. The molecule has 0 radical (unpaired) electrons. The minimum absolute atomic E-state index is 0.0586. The molecule has 8 nitrogen and oxygen atoms in total. The molecule has 0 saturated heterocycles. The Kier molecular flexibility index (Phi) is 6.72. The summed E-state index contributed by atoms with van der Waals surface area (Å²) in [5, 5.41) is 18.0. The molecule has 1 rings (SSSR count). The van der Waals surface area contributed by atoms with Gasteiger partial charge in [0.1, 0.15) is 0 Å². The van der Waals surface area contributed by atoms with Crippen LogP contribution in [0, 0.1) is 5.92 Å². The molecule has 1 aromatic rings. The number of amides is 1. The van der Waals surface area contributed by atoms with Crippen LogP contribution in [0.15, 0.2) is 24.3 Å². The van der Waals surface area contributed by atoms with Crippen LogP contribution in [0.4, 0.5) is 0 Å². The van der Waals surface area contributed by atoms with Crippen molar-refractivity contribution < 1.29 is 34.2 Å². The monoisotopic (exact) mass is 323 g/mol. The zero-order valence-electron chi connectivity index (χ0n) is 12.4. The van der Waals surface area contributed by atoms with Crippen LogP contribution in [-0.2, 0) is 25.6 Å². The molecule has 1 atom stereocenters. The Hall–Kier alpha value is -2.90. The maximum atomic E-state index is 11.4. The van der Waals surface area contributed by atoms with Crippen LogP contribution in [-0.4, -0.2) is 34.0 Å². The van der Waals surface area contributed by atoms with E-state index in [0.29, 0.717) is 5.56 Å². The summed E-state index contributed by atoms with van der Waals surface area (Å²) in [5.41, 5.74) is 2.68. The molecule has 1 amide bonds. The molecule has 0 aliphatic heterocycles. The summed E-state index contributed by atoms with van der Waals surface area (Å²) < 4.78 is 0. The highest BCUT2D eigenvalue weighted by Gasteiger charge is 2.20. The molecular weight excluding hydrogens is 306 g/mol. The van der Waals surface area contributed by atoms with Crippen molar-refractivity contribution >= 4 is 23.8 Å². The number of aliphatic carboxylic acids is 1. The quantitative estimate of drug-likeness (QED) is 0.638. The molecule has 23 heavy (non-hydrogen) atoms.